The molecule has 10 heteroatoms. The van der Waals surface area contributed by atoms with Gasteiger partial charge in [-0.05, 0) is 60.9 Å². The van der Waals surface area contributed by atoms with Crippen molar-refractivity contribution in [3.05, 3.63) is 80.4 Å². The summed E-state index contributed by atoms with van der Waals surface area (Å²) in [5, 5.41) is 22.6. The van der Waals surface area contributed by atoms with Gasteiger partial charge in [-0.1, -0.05) is 17.4 Å². The maximum Gasteiger partial charge on any atom is 0.269 e. The minimum absolute atomic E-state index is 0.0144. The summed E-state index contributed by atoms with van der Waals surface area (Å²) in [5.74, 6) is -0.440. The minimum atomic E-state index is -0.480. The predicted octanol–water partition coefficient (Wildman–Crippen LogP) is 4.24. The van der Waals surface area contributed by atoms with Crippen molar-refractivity contribution in [2.45, 2.75) is 26.2 Å². The van der Waals surface area contributed by atoms with Gasteiger partial charge >= 0.3 is 0 Å². The van der Waals surface area contributed by atoms with E-state index in [0.717, 1.165) is 16.8 Å². The lowest BCUT2D eigenvalue weighted by molar-refractivity contribution is -0.384. The van der Waals surface area contributed by atoms with Gasteiger partial charge in [0.1, 0.15) is 5.01 Å². The molecule has 2 aromatic carbocycles. The molecule has 0 saturated carbocycles. The highest BCUT2D eigenvalue weighted by molar-refractivity contribution is 7.15. The molecule has 1 atom stereocenters. The lowest BCUT2D eigenvalue weighted by atomic mass is 10.1. The molecular formula is C23H21N5O4S. The van der Waals surface area contributed by atoms with Crippen LogP contribution >= 0.6 is 11.3 Å². The van der Waals surface area contributed by atoms with Gasteiger partial charge in [-0.15, -0.1) is 10.2 Å². The van der Waals surface area contributed by atoms with Gasteiger partial charge in [-0.2, -0.15) is 0 Å². The summed E-state index contributed by atoms with van der Waals surface area (Å²) >= 11 is 1.25. The van der Waals surface area contributed by atoms with Gasteiger partial charge in [-0.25, -0.2) is 0 Å². The zero-order valence-electron chi connectivity index (χ0n) is 18.0. The quantitative estimate of drug-likeness (QED) is 0.332. The van der Waals surface area contributed by atoms with Crippen molar-refractivity contribution < 1.29 is 14.5 Å². The summed E-state index contributed by atoms with van der Waals surface area (Å²) in [7, 11) is 0. The monoisotopic (exact) mass is 463 g/mol. The fraction of sp³-hybridized carbons (Fsp3) is 0.217. The van der Waals surface area contributed by atoms with Crippen LogP contribution in [0.25, 0.3) is 6.08 Å². The number of nitrogens with zero attached hydrogens (tertiary/aromatic N) is 4. The number of carbonyl (C=O) groups excluding carboxylic acids is 2. The summed E-state index contributed by atoms with van der Waals surface area (Å²) < 4.78 is 0. The maximum atomic E-state index is 12.6. The molecule has 2 amide bonds. The molecule has 2 heterocycles. The Hall–Kier alpha value is -3.92. The van der Waals surface area contributed by atoms with Crippen molar-refractivity contribution >= 4 is 45.7 Å². The van der Waals surface area contributed by atoms with Crippen molar-refractivity contribution in [1.29, 1.82) is 0 Å². The molecular weight excluding hydrogens is 442 g/mol. The van der Waals surface area contributed by atoms with Crippen molar-refractivity contribution in [2.75, 3.05) is 16.8 Å². The fourth-order valence-corrected chi connectivity index (χ4v) is 4.54. The standard InChI is InChI=1S/C23H21N5O4S/c1-14-9-15(2)11-19(10-14)27-13-17(12-21(27)30)22-25-26-23(33-22)24-20(29)8-5-16-3-6-18(7-4-16)28(31)32/h3-11,17H,12-13H2,1-2H3,(H,24,26,29)/b8-5+. The lowest BCUT2D eigenvalue weighted by Gasteiger charge is -2.17. The molecule has 0 radical (unpaired) electrons. The average molecular weight is 464 g/mol. The van der Waals surface area contributed by atoms with Crippen molar-refractivity contribution in [2.24, 2.45) is 0 Å². The summed E-state index contributed by atoms with van der Waals surface area (Å²) in [6, 6.07) is 11.9. The van der Waals surface area contributed by atoms with Gasteiger partial charge < -0.3 is 4.90 Å². The van der Waals surface area contributed by atoms with Crippen LogP contribution < -0.4 is 10.2 Å². The SMILES string of the molecule is Cc1cc(C)cc(N2CC(c3nnc(NC(=O)/C=C/c4ccc([N+](=O)[O-])cc4)s3)CC2=O)c1. The third kappa shape index (κ3) is 5.29. The number of hydrogen-bond donors (Lipinski definition) is 1. The molecule has 4 rings (SSSR count). The Morgan fingerprint density at radius 3 is 2.55 bits per heavy atom. The Labute approximate surface area is 193 Å². The smallest absolute Gasteiger partial charge is 0.269 e. The Morgan fingerprint density at radius 1 is 1.18 bits per heavy atom. The Morgan fingerprint density at radius 2 is 1.88 bits per heavy atom. The number of amides is 2. The highest BCUT2D eigenvalue weighted by Gasteiger charge is 2.34. The molecule has 1 aliphatic rings. The first-order valence-electron chi connectivity index (χ1n) is 10.2. The van der Waals surface area contributed by atoms with Crippen LogP contribution in [0.2, 0.25) is 0 Å². The zero-order chi connectivity index (χ0) is 23.5. The average Bonchev–Trinajstić information content (AvgIpc) is 3.38. The van der Waals surface area contributed by atoms with Crippen molar-refractivity contribution in [3.63, 3.8) is 0 Å². The normalized spacial score (nSPS) is 15.9. The van der Waals surface area contributed by atoms with E-state index in [1.165, 1.54) is 29.5 Å². The number of carbonyl (C=O) groups is 2. The molecule has 1 saturated heterocycles. The summed E-state index contributed by atoms with van der Waals surface area (Å²) in [6.45, 7) is 4.53. The molecule has 168 valence electrons. The summed E-state index contributed by atoms with van der Waals surface area (Å²) in [5.41, 5.74) is 3.73. The predicted molar refractivity (Wildman–Crippen MR) is 126 cm³/mol. The first kappa shape index (κ1) is 22.3. The Balaban J connectivity index is 1.38. The number of aryl methyl sites for hydroxylation is 2. The van der Waals surface area contributed by atoms with E-state index in [-0.39, 0.29) is 17.5 Å². The van der Waals surface area contributed by atoms with Crippen molar-refractivity contribution in [1.82, 2.24) is 10.2 Å². The molecule has 33 heavy (non-hydrogen) atoms. The van der Waals surface area contributed by atoms with E-state index in [4.69, 9.17) is 0 Å². The molecule has 0 aliphatic carbocycles. The van der Waals surface area contributed by atoms with E-state index >= 15 is 0 Å². The fourth-order valence-electron chi connectivity index (χ4n) is 3.71. The van der Waals surface area contributed by atoms with Gasteiger partial charge in [0.25, 0.3) is 5.69 Å². The highest BCUT2D eigenvalue weighted by atomic mass is 32.1. The number of nitrogens with one attached hydrogen (secondary N) is 1. The largest absolute Gasteiger partial charge is 0.312 e. The molecule has 0 bridgehead atoms. The van der Waals surface area contributed by atoms with Gasteiger partial charge in [0, 0.05) is 42.8 Å². The topological polar surface area (TPSA) is 118 Å². The van der Waals surface area contributed by atoms with Crippen LogP contribution in [0.3, 0.4) is 0 Å². The van der Waals surface area contributed by atoms with E-state index in [2.05, 4.69) is 21.6 Å². The summed E-state index contributed by atoms with van der Waals surface area (Å²) in [6.07, 6.45) is 3.22. The highest BCUT2D eigenvalue weighted by Crippen LogP contribution is 2.34. The first-order chi connectivity index (χ1) is 15.8. The summed E-state index contributed by atoms with van der Waals surface area (Å²) in [4.78, 5) is 36.8. The van der Waals surface area contributed by atoms with Crippen LogP contribution in [0.4, 0.5) is 16.5 Å². The van der Waals surface area contributed by atoms with Crippen LogP contribution in [-0.4, -0.2) is 33.5 Å². The maximum absolute atomic E-state index is 12.6. The number of non-ortho nitro benzene ring substituents is 1. The van der Waals surface area contributed by atoms with E-state index in [1.54, 1.807) is 23.1 Å². The Kier molecular flexibility index (Phi) is 6.27. The van der Waals surface area contributed by atoms with Crippen LogP contribution in [0, 0.1) is 24.0 Å². The molecule has 1 fully saturated rings. The molecule has 0 spiro atoms. The van der Waals surface area contributed by atoms with Crippen molar-refractivity contribution in [3.8, 4) is 0 Å². The lowest BCUT2D eigenvalue weighted by Crippen LogP contribution is -2.24. The molecule has 1 N–H and O–H groups in total. The van der Waals surface area contributed by atoms with E-state index in [9.17, 15) is 19.7 Å². The van der Waals surface area contributed by atoms with Gasteiger partial charge in [0.2, 0.25) is 16.9 Å². The van der Waals surface area contributed by atoms with Crippen LogP contribution in [0.15, 0.2) is 48.5 Å². The second-order valence-corrected chi connectivity index (χ2v) is 8.88. The number of rotatable bonds is 6. The molecule has 3 aromatic rings. The van der Waals surface area contributed by atoms with Gasteiger partial charge in [0.05, 0.1) is 4.92 Å². The second kappa shape index (κ2) is 9.29. The van der Waals surface area contributed by atoms with Gasteiger partial charge in [-0.3, -0.25) is 25.0 Å². The minimum Gasteiger partial charge on any atom is -0.312 e. The number of nitro benzene ring substituents is 1. The first-order valence-corrected chi connectivity index (χ1v) is 11.1. The van der Waals surface area contributed by atoms with Crippen LogP contribution in [0.5, 0.6) is 0 Å². The number of aromatic nitrogens is 2. The van der Waals surface area contributed by atoms with Crippen LogP contribution in [-0.2, 0) is 9.59 Å². The van der Waals surface area contributed by atoms with E-state index in [1.807, 2.05) is 26.0 Å². The van der Waals surface area contributed by atoms with Gasteiger partial charge in [0.15, 0.2) is 0 Å². The molecule has 1 aliphatic heterocycles. The molecule has 1 unspecified atom stereocenters. The number of nitro groups is 1. The number of hydrogen-bond acceptors (Lipinski definition) is 7. The van der Waals surface area contributed by atoms with E-state index in [0.29, 0.717) is 28.7 Å². The zero-order valence-corrected chi connectivity index (χ0v) is 18.8. The third-order valence-electron chi connectivity index (χ3n) is 5.19. The third-order valence-corrected chi connectivity index (χ3v) is 6.20. The molecule has 1 aromatic heterocycles. The van der Waals surface area contributed by atoms with E-state index < -0.39 is 10.8 Å². The second-order valence-electron chi connectivity index (χ2n) is 7.87. The molecule has 9 nitrogen and oxygen atoms in total. The van der Waals surface area contributed by atoms with Crippen LogP contribution in [0.1, 0.15) is 34.0 Å². The number of anilines is 2. The Bertz CT molecular complexity index is 1230. The number of benzene rings is 2.